The van der Waals surface area contributed by atoms with Crippen LogP contribution in [0.1, 0.15) is 67.8 Å². The molecule has 2 aromatic carbocycles. The first-order valence-electron chi connectivity index (χ1n) is 11.6. The number of Topliss-reactive ketones (excluding diaryl/α,β-unsaturated/α-hetero) is 2. The summed E-state index contributed by atoms with van der Waals surface area (Å²) in [5.41, 5.74) is 0.937. The summed E-state index contributed by atoms with van der Waals surface area (Å²) < 4.78 is 12.4. The molecule has 0 bridgehead atoms. The Hall–Kier alpha value is -2.53. The van der Waals surface area contributed by atoms with Crippen molar-refractivity contribution < 1.29 is 19.1 Å². The zero-order chi connectivity index (χ0) is 22.4. The van der Waals surface area contributed by atoms with Crippen LogP contribution in [0.2, 0.25) is 0 Å². The van der Waals surface area contributed by atoms with Crippen molar-refractivity contribution in [3.8, 4) is 5.75 Å². The predicted octanol–water partition coefficient (Wildman–Crippen LogP) is 6.45. The summed E-state index contributed by atoms with van der Waals surface area (Å²) in [5.74, 6) is 1.42. The van der Waals surface area contributed by atoms with Crippen molar-refractivity contribution in [3.63, 3.8) is 0 Å². The Morgan fingerprint density at radius 2 is 1.59 bits per heavy atom. The van der Waals surface area contributed by atoms with E-state index >= 15 is 0 Å². The van der Waals surface area contributed by atoms with E-state index in [0.717, 1.165) is 68.6 Å². The van der Waals surface area contributed by atoms with Gasteiger partial charge < -0.3 is 9.47 Å². The minimum atomic E-state index is -0.424. The van der Waals surface area contributed by atoms with Gasteiger partial charge in [-0.1, -0.05) is 68.7 Å². The van der Waals surface area contributed by atoms with Crippen molar-refractivity contribution in [1.29, 1.82) is 0 Å². The third-order valence-electron chi connectivity index (χ3n) is 6.08. The number of ether oxygens (including phenoxy) is 2. The molecule has 2 aromatic rings. The maximum absolute atomic E-state index is 12.6. The number of allylic oxidation sites excluding steroid dienone is 1. The molecule has 0 amide bonds. The lowest BCUT2D eigenvalue weighted by atomic mass is 9.90. The summed E-state index contributed by atoms with van der Waals surface area (Å²) >= 11 is 1.50. The molecule has 0 fully saturated rings. The van der Waals surface area contributed by atoms with E-state index in [-0.39, 0.29) is 5.60 Å². The molecular weight excluding hydrogens is 420 g/mol. The number of rotatable bonds is 10. The third-order valence-corrected chi connectivity index (χ3v) is 7.41. The Kier molecular flexibility index (Phi) is 7.36. The van der Waals surface area contributed by atoms with Crippen LogP contribution in [0, 0.1) is 0 Å². The van der Waals surface area contributed by atoms with Gasteiger partial charge in [-0.3, -0.25) is 9.59 Å². The van der Waals surface area contributed by atoms with Crippen LogP contribution < -0.4 is 4.74 Å². The highest BCUT2D eigenvalue weighted by Crippen LogP contribution is 2.47. The van der Waals surface area contributed by atoms with Gasteiger partial charge in [0, 0.05) is 16.9 Å². The molecule has 1 aliphatic carbocycles. The highest BCUT2D eigenvalue weighted by molar-refractivity contribution is 8.04. The van der Waals surface area contributed by atoms with Crippen LogP contribution in [-0.2, 0) is 9.53 Å². The summed E-state index contributed by atoms with van der Waals surface area (Å²) in [5, 5.41) is 0. The van der Waals surface area contributed by atoms with Gasteiger partial charge in [0.2, 0.25) is 11.6 Å². The normalized spacial score (nSPS) is 19.9. The molecule has 1 heterocycles. The van der Waals surface area contributed by atoms with Crippen LogP contribution in [0.15, 0.2) is 59.5 Å². The van der Waals surface area contributed by atoms with Crippen molar-refractivity contribution in [2.45, 2.75) is 57.5 Å². The van der Waals surface area contributed by atoms with Gasteiger partial charge in [-0.25, -0.2) is 0 Å². The van der Waals surface area contributed by atoms with Gasteiger partial charge in [-0.05, 0) is 37.8 Å². The Balaban J connectivity index is 1.34. The molecular formula is C27H30O4S. The number of thioether (sulfide) groups is 1. The second-order valence-electron chi connectivity index (χ2n) is 8.51. The molecule has 1 aliphatic heterocycles. The predicted molar refractivity (Wildman–Crippen MR) is 129 cm³/mol. The Morgan fingerprint density at radius 1 is 0.875 bits per heavy atom. The number of hydrogen-bond donors (Lipinski definition) is 0. The monoisotopic (exact) mass is 450 g/mol. The molecule has 4 nitrogen and oxygen atoms in total. The molecule has 0 aromatic heterocycles. The molecule has 1 atom stereocenters. The van der Waals surface area contributed by atoms with Crippen molar-refractivity contribution in [2.24, 2.45) is 0 Å². The minimum Gasteiger partial charge on any atom is -0.494 e. The second kappa shape index (κ2) is 10.4. The first-order chi connectivity index (χ1) is 15.6. The SMILES string of the molecule is CCCC1(CCCCCCOc2ccccc2)CSC2=C(O1)c1ccccc1C(=O)C2=O. The smallest absolute Gasteiger partial charge is 0.243 e. The van der Waals surface area contributed by atoms with E-state index in [1.54, 1.807) is 12.1 Å². The number of carbonyl (C=O) groups is 2. The molecule has 0 spiro atoms. The molecule has 168 valence electrons. The van der Waals surface area contributed by atoms with Crippen LogP contribution in [0.3, 0.4) is 0 Å². The second-order valence-corrected chi connectivity index (χ2v) is 9.50. The van der Waals surface area contributed by atoms with Crippen LogP contribution in [0.4, 0.5) is 0 Å². The minimum absolute atomic E-state index is 0.285. The van der Waals surface area contributed by atoms with Gasteiger partial charge in [0.05, 0.1) is 6.61 Å². The zero-order valence-corrected chi connectivity index (χ0v) is 19.4. The summed E-state index contributed by atoms with van der Waals surface area (Å²) in [6, 6.07) is 17.2. The molecule has 4 rings (SSSR count). The van der Waals surface area contributed by atoms with Crippen molar-refractivity contribution in [1.82, 2.24) is 0 Å². The standard InChI is InChI=1S/C27H30O4S/c1-2-16-27(17-10-3-4-11-18-30-20-12-6-5-7-13-20)19-32-26-24(29)23(28)21-14-8-9-15-22(21)25(26)31-27/h5-9,12-15H,2-4,10-11,16-19H2,1H3. The van der Waals surface area contributed by atoms with E-state index in [0.29, 0.717) is 16.2 Å². The Labute approximate surface area is 194 Å². The number of ketones is 2. The third kappa shape index (κ3) is 4.93. The van der Waals surface area contributed by atoms with Gasteiger partial charge >= 0.3 is 0 Å². The molecule has 0 N–H and O–H groups in total. The molecule has 0 saturated carbocycles. The average molecular weight is 451 g/mol. The largest absolute Gasteiger partial charge is 0.494 e. The van der Waals surface area contributed by atoms with E-state index in [4.69, 9.17) is 9.47 Å². The first-order valence-corrected chi connectivity index (χ1v) is 12.5. The molecule has 0 saturated heterocycles. The van der Waals surface area contributed by atoms with E-state index in [2.05, 4.69) is 6.92 Å². The van der Waals surface area contributed by atoms with Gasteiger partial charge in [0.25, 0.3) is 0 Å². The Bertz CT molecular complexity index is 998. The lowest BCUT2D eigenvalue weighted by molar-refractivity contribution is -0.111. The number of fused-ring (bicyclic) bond motifs is 2. The topological polar surface area (TPSA) is 52.6 Å². The van der Waals surface area contributed by atoms with E-state index in [1.165, 1.54) is 11.8 Å². The van der Waals surface area contributed by atoms with Gasteiger partial charge in [0.15, 0.2) is 0 Å². The Morgan fingerprint density at radius 3 is 2.38 bits per heavy atom. The average Bonchev–Trinajstić information content (AvgIpc) is 2.83. The van der Waals surface area contributed by atoms with Gasteiger partial charge in [-0.15, -0.1) is 11.8 Å². The summed E-state index contributed by atoms with van der Waals surface area (Å²) in [7, 11) is 0. The first kappa shape index (κ1) is 22.7. The van der Waals surface area contributed by atoms with E-state index in [1.807, 2.05) is 42.5 Å². The summed E-state index contributed by atoms with van der Waals surface area (Å²) in [6.07, 6.45) is 7.26. The fraction of sp³-hybridized carbons (Fsp3) is 0.407. The fourth-order valence-corrected chi connectivity index (χ4v) is 5.71. The summed E-state index contributed by atoms with van der Waals surface area (Å²) in [6.45, 7) is 2.91. The maximum atomic E-state index is 12.6. The number of benzene rings is 2. The van der Waals surface area contributed by atoms with E-state index in [9.17, 15) is 9.59 Å². The van der Waals surface area contributed by atoms with Gasteiger partial charge in [-0.2, -0.15) is 0 Å². The lowest BCUT2D eigenvalue weighted by Crippen LogP contribution is -2.40. The highest BCUT2D eigenvalue weighted by Gasteiger charge is 2.43. The van der Waals surface area contributed by atoms with Gasteiger partial charge in [0.1, 0.15) is 22.0 Å². The molecule has 0 radical (unpaired) electrons. The quantitative estimate of drug-likeness (QED) is 0.307. The zero-order valence-electron chi connectivity index (χ0n) is 18.6. The van der Waals surface area contributed by atoms with Crippen LogP contribution in [0.25, 0.3) is 5.76 Å². The van der Waals surface area contributed by atoms with Crippen LogP contribution >= 0.6 is 11.8 Å². The highest BCUT2D eigenvalue weighted by atomic mass is 32.2. The van der Waals surface area contributed by atoms with Crippen molar-refractivity contribution in [3.05, 3.63) is 70.6 Å². The van der Waals surface area contributed by atoms with Crippen molar-refractivity contribution in [2.75, 3.05) is 12.4 Å². The maximum Gasteiger partial charge on any atom is 0.243 e. The number of para-hydroxylation sites is 1. The number of unbranched alkanes of at least 4 members (excludes halogenated alkanes) is 3. The molecule has 32 heavy (non-hydrogen) atoms. The fourth-order valence-electron chi connectivity index (χ4n) is 4.45. The molecule has 5 heteroatoms. The molecule has 1 unspecified atom stereocenters. The summed E-state index contributed by atoms with van der Waals surface area (Å²) in [4.78, 5) is 25.6. The number of carbonyl (C=O) groups excluding carboxylic acids is 2. The van der Waals surface area contributed by atoms with Crippen LogP contribution in [0.5, 0.6) is 5.75 Å². The lowest BCUT2D eigenvalue weighted by Gasteiger charge is -2.40. The number of hydrogen-bond acceptors (Lipinski definition) is 5. The molecule has 2 aliphatic rings. The van der Waals surface area contributed by atoms with E-state index < -0.39 is 11.6 Å². The van der Waals surface area contributed by atoms with Crippen LogP contribution in [-0.4, -0.2) is 29.5 Å². The van der Waals surface area contributed by atoms with Crippen molar-refractivity contribution >= 4 is 29.1 Å².